The first kappa shape index (κ1) is 25.2. The molecule has 1 saturated heterocycles. The third kappa shape index (κ3) is 6.13. The molecule has 178 valence electrons. The van der Waals surface area contributed by atoms with Crippen LogP contribution in [0.2, 0.25) is 5.02 Å². The van der Waals surface area contributed by atoms with Gasteiger partial charge in [0.1, 0.15) is 16.7 Å². The summed E-state index contributed by atoms with van der Waals surface area (Å²) >= 11 is 13.1. The third-order valence-electron chi connectivity index (χ3n) is 5.17. The van der Waals surface area contributed by atoms with Gasteiger partial charge in [-0.1, -0.05) is 25.4 Å². The molecule has 33 heavy (non-hydrogen) atoms. The number of amides is 2. The summed E-state index contributed by atoms with van der Waals surface area (Å²) in [6.45, 7) is 5.06. The fourth-order valence-corrected chi connectivity index (χ4v) is 5.08. The van der Waals surface area contributed by atoms with Gasteiger partial charge >= 0.3 is 5.97 Å². The molecule has 0 saturated carbocycles. The van der Waals surface area contributed by atoms with E-state index < -0.39 is 17.9 Å². The largest absolute Gasteiger partial charge is 0.497 e. The summed E-state index contributed by atoms with van der Waals surface area (Å²) in [6.07, 6.45) is 0.575. The van der Waals surface area contributed by atoms with Gasteiger partial charge in [0.05, 0.1) is 25.2 Å². The number of hydrogen-bond acceptors (Lipinski definition) is 7. The molecule has 1 aromatic heterocycles. The molecule has 2 amide bonds. The Hall–Kier alpha value is -2.43. The monoisotopic (exact) mass is 511 g/mol. The maximum Gasteiger partial charge on any atom is 0.308 e. The number of halogens is 1. The minimum atomic E-state index is -0.861. The van der Waals surface area contributed by atoms with Gasteiger partial charge in [-0.2, -0.15) is 0 Å². The summed E-state index contributed by atoms with van der Waals surface area (Å²) < 4.78 is 11.3. The van der Waals surface area contributed by atoms with Crippen molar-refractivity contribution >= 4 is 68.1 Å². The Morgan fingerprint density at radius 1 is 1.39 bits per heavy atom. The van der Waals surface area contributed by atoms with E-state index in [1.165, 1.54) is 11.3 Å². The number of rotatable bonds is 7. The highest BCUT2D eigenvalue weighted by atomic mass is 35.5. The van der Waals surface area contributed by atoms with Gasteiger partial charge in [-0.05, 0) is 42.8 Å². The maximum absolute atomic E-state index is 12.9. The summed E-state index contributed by atoms with van der Waals surface area (Å²) in [4.78, 5) is 39.5. The number of methoxy groups -OCH3 is 1. The number of ether oxygens (including phenoxy) is 2. The van der Waals surface area contributed by atoms with E-state index >= 15 is 0 Å². The second-order valence-electron chi connectivity index (χ2n) is 7.97. The Kier molecular flexibility index (Phi) is 8.50. The number of carbonyl (C=O) groups excluding carboxylic acids is 3. The van der Waals surface area contributed by atoms with Crippen molar-refractivity contribution in [2.24, 2.45) is 5.92 Å². The molecule has 3 rings (SSSR count). The van der Waals surface area contributed by atoms with E-state index in [4.69, 9.17) is 33.3 Å². The minimum absolute atomic E-state index is 0.0564. The Morgan fingerprint density at radius 3 is 2.85 bits per heavy atom. The van der Waals surface area contributed by atoms with E-state index in [2.05, 4.69) is 10.6 Å². The average Bonchev–Trinajstić information content (AvgIpc) is 3.10. The zero-order valence-electron chi connectivity index (χ0n) is 18.6. The van der Waals surface area contributed by atoms with Crippen molar-refractivity contribution in [2.45, 2.75) is 32.7 Å². The number of thiophene rings is 1. The van der Waals surface area contributed by atoms with Crippen LogP contribution in [0.5, 0.6) is 5.75 Å². The number of nitrogens with zero attached hydrogens (tertiary/aromatic N) is 1. The predicted octanol–water partition coefficient (Wildman–Crippen LogP) is 3.36. The van der Waals surface area contributed by atoms with Gasteiger partial charge in [0.2, 0.25) is 5.91 Å². The zero-order chi connectivity index (χ0) is 24.1. The van der Waals surface area contributed by atoms with Gasteiger partial charge in [0.25, 0.3) is 5.91 Å². The number of nitrogens with one attached hydrogen (secondary N) is 2. The van der Waals surface area contributed by atoms with Gasteiger partial charge in [0.15, 0.2) is 5.11 Å². The molecule has 2 N–H and O–H groups in total. The average molecular weight is 512 g/mol. The van der Waals surface area contributed by atoms with E-state index in [9.17, 15) is 14.4 Å². The van der Waals surface area contributed by atoms with Crippen LogP contribution in [-0.4, -0.2) is 60.6 Å². The topological polar surface area (TPSA) is 97.0 Å². The molecule has 1 unspecified atom stereocenters. The highest BCUT2D eigenvalue weighted by Gasteiger charge is 2.34. The fraction of sp³-hybridized carbons (Fsp3) is 0.455. The number of esters is 1. The Bertz CT molecular complexity index is 1070. The second kappa shape index (κ2) is 11.1. The number of thiocarbonyl (C=S) groups is 1. The van der Waals surface area contributed by atoms with Crippen LogP contribution in [0.4, 0.5) is 0 Å². The summed E-state index contributed by atoms with van der Waals surface area (Å²) in [5.74, 6) is -0.249. The molecule has 1 aliphatic heterocycles. The van der Waals surface area contributed by atoms with E-state index in [0.717, 1.165) is 16.5 Å². The van der Waals surface area contributed by atoms with Crippen molar-refractivity contribution in [3.8, 4) is 5.75 Å². The van der Waals surface area contributed by atoms with Gasteiger partial charge < -0.3 is 19.7 Å². The van der Waals surface area contributed by atoms with Crippen molar-refractivity contribution in [2.75, 3.05) is 26.8 Å². The van der Waals surface area contributed by atoms with E-state index in [1.54, 1.807) is 30.2 Å². The molecule has 0 radical (unpaired) electrons. The molecule has 0 bridgehead atoms. The van der Waals surface area contributed by atoms with Crippen molar-refractivity contribution in [1.82, 2.24) is 15.5 Å². The lowest BCUT2D eigenvalue weighted by molar-refractivity contribution is -0.147. The Balaban J connectivity index is 1.70. The van der Waals surface area contributed by atoms with E-state index in [-0.39, 0.29) is 17.4 Å². The number of carbonyl (C=O) groups is 3. The lowest BCUT2D eigenvalue weighted by Gasteiger charge is -2.36. The van der Waals surface area contributed by atoms with Crippen molar-refractivity contribution in [3.63, 3.8) is 0 Å². The number of benzene rings is 1. The third-order valence-corrected chi connectivity index (χ3v) is 7.17. The first-order valence-electron chi connectivity index (χ1n) is 10.5. The van der Waals surface area contributed by atoms with Crippen LogP contribution in [0.3, 0.4) is 0 Å². The van der Waals surface area contributed by atoms with Gasteiger partial charge in [-0.15, -0.1) is 11.3 Å². The predicted molar refractivity (Wildman–Crippen MR) is 132 cm³/mol. The Labute approximate surface area is 206 Å². The molecular weight excluding hydrogens is 486 g/mol. The van der Waals surface area contributed by atoms with Crippen LogP contribution in [0.15, 0.2) is 18.2 Å². The smallest absolute Gasteiger partial charge is 0.308 e. The fourth-order valence-electron chi connectivity index (χ4n) is 3.33. The lowest BCUT2D eigenvalue weighted by atomic mass is 10.1. The standard InChI is InChI=1S/C22H26ClN3O5S2/c1-12(2)6-9-31-17(27)11-15-20(28)24-7-8-26(15)22(32)25-21(29)19-18(23)14-5-4-13(30-3)10-16(14)33-19/h4-5,10,12,15H,6-9,11H2,1-3H3,(H,24,28)(H,25,29,32). The molecule has 0 spiro atoms. The molecule has 8 nitrogen and oxygen atoms in total. The van der Waals surface area contributed by atoms with Crippen molar-refractivity contribution in [3.05, 3.63) is 28.1 Å². The molecular formula is C22H26ClN3O5S2. The molecule has 1 atom stereocenters. The normalized spacial score (nSPS) is 16.0. The van der Waals surface area contributed by atoms with Crippen molar-refractivity contribution in [1.29, 1.82) is 0 Å². The molecule has 0 aliphatic carbocycles. The minimum Gasteiger partial charge on any atom is -0.497 e. The molecule has 2 heterocycles. The summed E-state index contributed by atoms with van der Waals surface area (Å²) in [5, 5.41) is 6.50. The lowest BCUT2D eigenvalue weighted by Crippen LogP contribution is -2.60. The molecule has 2 aromatic rings. The van der Waals surface area contributed by atoms with Gasteiger partial charge in [-0.25, -0.2) is 0 Å². The highest BCUT2D eigenvalue weighted by molar-refractivity contribution is 7.80. The maximum atomic E-state index is 12.9. The molecule has 1 fully saturated rings. The number of piperazine rings is 1. The van der Waals surface area contributed by atoms with Crippen molar-refractivity contribution < 1.29 is 23.9 Å². The van der Waals surface area contributed by atoms with Gasteiger partial charge in [-0.3, -0.25) is 19.7 Å². The van der Waals surface area contributed by atoms with E-state index in [1.807, 2.05) is 13.8 Å². The second-order valence-corrected chi connectivity index (χ2v) is 9.79. The van der Waals surface area contributed by atoms with Crippen LogP contribution in [0.1, 0.15) is 36.4 Å². The summed E-state index contributed by atoms with van der Waals surface area (Å²) in [5.41, 5.74) is 0. The zero-order valence-corrected chi connectivity index (χ0v) is 21.0. The SMILES string of the molecule is COc1ccc2c(Cl)c(C(=O)NC(=S)N3CCNC(=O)C3CC(=O)OCCC(C)C)sc2c1. The van der Waals surface area contributed by atoms with Crippen LogP contribution in [0.25, 0.3) is 10.1 Å². The molecule has 11 heteroatoms. The quantitative estimate of drug-likeness (QED) is 0.434. The van der Waals surface area contributed by atoms with Crippen LogP contribution in [0, 0.1) is 5.92 Å². The van der Waals surface area contributed by atoms with Crippen LogP contribution < -0.4 is 15.4 Å². The molecule has 1 aliphatic rings. The summed E-state index contributed by atoms with van der Waals surface area (Å²) in [7, 11) is 1.56. The highest BCUT2D eigenvalue weighted by Crippen LogP contribution is 2.37. The number of hydrogen-bond donors (Lipinski definition) is 2. The van der Waals surface area contributed by atoms with E-state index in [0.29, 0.717) is 41.3 Å². The van der Waals surface area contributed by atoms with Gasteiger partial charge in [0, 0.05) is 23.2 Å². The number of fused-ring (bicyclic) bond motifs is 1. The summed E-state index contributed by atoms with van der Waals surface area (Å²) in [6, 6.07) is 4.50. The first-order chi connectivity index (χ1) is 15.7. The first-order valence-corrected chi connectivity index (χ1v) is 12.1. The Morgan fingerprint density at radius 2 is 2.15 bits per heavy atom. The van der Waals surface area contributed by atoms with Crippen LogP contribution in [-0.2, 0) is 14.3 Å². The molecule has 1 aromatic carbocycles. The van der Waals surface area contributed by atoms with Crippen LogP contribution >= 0.6 is 35.2 Å².